The van der Waals surface area contributed by atoms with Crippen LogP contribution in [-0.4, -0.2) is 28.2 Å². The van der Waals surface area contributed by atoms with Gasteiger partial charge < -0.3 is 24.6 Å². The van der Waals surface area contributed by atoms with Gasteiger partial charge in [-0.25, -0.2) is 4.79 Å². The third kappa shape index (κ3) is 5.30. The molecule has 0 aliphatic carbocycles. The van der Waals surface area contributed by atoms with Gasteiger partial charge in [-0.1, -0.05) is 6.07 Å². The SMILES string of the molecule is NC(=O)c1cccc2c1c1c(OCC(=O)O)cc(-c3ccco3)cc1n2Cc1cc(C(F)(F)F)cc(C(F)(F)F)c1. The maximum atomic E-state index is 13.6. The standard InChI is InChI=1S/C28H18F6N2O5/c29-27(30,31)16-7-14(8-17(11-16)28(32,33)34)12-36-19-4-1-3-18(26(35)39)24(19)25-20(36)9-15(21-5-2-6-40-21)10-22(25)41-13-23(37)38/h1-11H,12-13H2,(H2,35,39)(H,37,38). The van der Waals surface area contributed by atoms with Gasteiger partial charge in [0.1, 0.15) is 11.5 Å². The van der Waals surface area contributed by atoms with E-state index in [1.54, 1.807) is 18.2 Å². The first-order chi connectivity index (χ1) is 19.2. The number of carbonyl (C=O) groups is 2. The van der Waals surface area contributed by atoms with Gasteiger partial charge in [-0.15, -0.1) is 0 Å². The Labute approximate surface area is 226 Å². The van der Waals surface area contributed by atoms with Crippen LogP contribution in [0, 0.1) is 0 Å². The van der Waals surface area contributed by atoms with Crippen molar-refractivity contribution in [2.45, 2.75) is 18.9 Å². The van der Waals surface area contributed by atoms with Gasteiger partial charge in [0.25, 0.3) is 0 Å². The predicted molar refractivity (Wildman–Crippen MR) is 134 cm³/mol. The normalized spacial score (nSPS) is 12.2. The first-order valence-electron chi connectivity index (χ1n) is 11.8. The summed E-state index contributed by atoms with van der Waals surface area (Å²) in [4.78, 5) is 23.7. The summed E-state index contributed by atoms with van der Waals surface area (Å²) in [6.45, 7) is -1.28. The number of hydrogen-bond donors (Lipinski definition) is 2. The zero-order valence-electron chi connectivity index (χ0n) is 20.6. The Morgan fingerprint density at radius 3 is 2.12 bits per heavy atom. The zero-order valence-corrected chi connectivity index (χ0v) is 20.6. The van der Waals surface area contributed by atoms with Crippen LogP contribution in [0.25, 0.3) is 33.1 Å². The fourth-order valence-corrected chi connectivity index (χ4v) is 4.73. The van der Waals surface area contributed by atoms with Gasteiger partial charge in [0.15, 0.2) is 6.61 Å². The molecule has 2 aromatic heterocycles. The Morgan fingerprint density at radius 1 is 0.878 bits per heavy atom. The van der Waals surface area contributed by atoms with Gasteiger partial charge in [0.2, 0.25) is 5.91 Å². The lowest BCUT2D eigenvalue weighted by atomic mass is 10.0. The molecule has 5 aromatic rings. The van der Waals surface area contributed by atoms with E-state index >= 15 is 0 Å². The van der Waals surface area contributed by atoms with E-state index in [9.17, 15) is 41.0 Å². The van der Waals surface area contributed by atoms with E-state index in [0.29, 0.717) is 23.5 Å². The molecule has 5 rings (SSSR count). The van der Waals surface area contributed by atoms with Crippen molar-refractivity contribution in [3.8, 4) is 17.1 Å². The van der Waals surface area contributed by atoms with Crippen LogP contribution < -0.4 is 10.5 Å². The van der Waals surface area contributed by atoms with Crippen LogP contribution in [0.1, 0.15) is 27.0 Å². The molecule has 0 unspecified atom stereocenters. The van der Waals surface area contributed by atoms with Crippen molar-refractivity contribution in [2.24, 2.45) is 5.73 Å². The number of primary amides is 1. The Morgan fingerprint density at radius 2 is 1.56 bits per heavy atom. The van der Waals surface area contributed by atoms with Crippen molar-refractivity contribution >= 4 is 33.7 Å². The van der Waals surface area contributed by atoms with Gasteiger partial charge >= 0.3 is 18.3 Å². The van der Waals surface area contributed by atoms with Crippen LogP contribution >= 0.6 is 0 Å². The number of halogens is 6. The molecular formula is C28H18F6N2O5. The van der Waals surface area contributed by atoms with Crippen LogP contribution in [0.15, 0.2) is 71.3 Å². The molecule has 3 aromatic carbocycles. The topological polar surface area (TPSA) is 108 Å². The molecule has 0 saturated heterocycles. The minimum atomic E-state index is -5.06. The quantitative estimate of drug-likeness (QED) is 0.210. The average Bonchev–Trinajstić information content (AvgIpc) is 3.53. The van der Waals surface area contributed by atoms with Crippen LogP contribution in [0.2, 0.25) is 0 Å². The zero-order chi connectivity index (χ0) is 29.7. The van der Waals surface area contributed by atoms with E-state index in [4.69, 9.17) is 14.9 Å². The smallest absolute Gasteiger partial charge is 0.416 e. The lowest BCUT2D eigenvalue weighted by Gasteiger charge is -2.16. The summed E-state index contributed by atoms with van der Waals surface area (Å²) < 4.78 is 93.9. The number of aromatic nitrogens is 1. The number of hydrogen-bond acceptors (Lipinski definition) is 4. The number of nitrogens with two attached hydrogens (primary N) is 1. The number of furan rings is 1. The number of nitrogens with zero attached hydrogens (tertiary/aromatic N) is 1. The maximum absolute atomic E-state index is 13.6. The van der Waals surface area contributed by atoms with E-state index in [1.165, 1.54) is 35.1 Å². The number of amides is 1. The largest absolute Gasteiger partial charge is 0.481 e. The summed E-state index contributed by atoms with van der Waals surface area (Å²) in [6.07, 6.45) is -8.74. The fraction of sp³-hybridized carbons (Fsp3) is 0.143. The van der Waals surface area contributed by atoms with Crippen molar-refractivity contribution in [2.75, 3.05) is 6.61 Å². The molecule has 1 amide bonds. The minimum absolute atomic E-state index is 0.0165. The molecule has 0 atom stereocenters. The summed E-state index contributed by atoms with van der Waals surface area (Å²) in [5, 5.41) is 9.61. The third-order valence-electron chi connectivity index (χ3n) is 6.37. The number of aliphatic carboxylic acids is 1. The molecule has 0 bridgehead atoms. The summed E-state index contributed by atoms with van der Waals surface area (Å²) in [7, 11) is 0. The first kappa shape index (κ1) is 27.6. The van der Waals surface area contributed by atoms with Crippen molar-refractivity contribution < 1.29 is 50.2 Å². The molecule has 0 saturated carbocycles. The Balaban J connectivity index is 1.85. The van der Waals surface area contributed by atoms with Crippen LogP contribution in [0.3, 0.4) is 0 Å². The minimum Gasteiger partial charge on any atom is -0.481 e. The molecule has 41 heavy (non-hydrogen) atoms. The Hall–Kier alpha value is -4.94. The van der Waals surface area contributed by atoms with E-state index in [2.05, 4.69) is 0 Å². The molecule has 0 aliphatic rings. The highest BCUT2D eigenvalue weighted by molar-refractivity contribution is 6.20. The molecule has 2 heterocycles. The van der Waals surface area contributed by atoms with Crippen molar-refractivity contribution in [3.63, 3.8) is 0 Å². The summed E-state index contributed by atoms with van der Waals surface area (Å²) in [5.41, 5.74) is 3.11. The molecule has 13 heteroatoms. The number of fused-ring (bicyclic) bond motifs is 3. The van der Waals surface area contributed by atoms with E-state index in [-0.39, 0.29) is 44.7 Å². The second-order valence-electron chi connectivity index (χ2n) is 9.09. The van der Waals surface area contributed by atoms with Gasteiger partial charge in [-0.2, -0.15) is 26.3 Å². The van der Waals surface area contributed by atoms with E-state index in [1.807, 2.05) is 0 Å². The van der Waals surface area contributed by atoms with E-state index in [0.717, 1.165) is 0 Å². The molecular weight excluding hydrogens is 558 g/mol. The fourth-order valence-electron chi connectivity index (χ4n) is 4.73. The Bertz CT molecular complexity index is 1770. The average molecular weight is 576 g/mol. The number of carbonyl (C=O) groups excluding carboxylic acids is 1. The third-order valence-corrected chi connectivity index (χ3v) is 6.37. The lowest BCUT2D eigenvalue weighted by Crippen LogP contribution is -2.13. The molecule has 0 aliphatic heterocycles. The number of benzene rings is 3. The summed E-state index contributed by atoms with van der Waals surface area (Å²) in [5.74, 6) is -1.89. The van der Waals surface area contributed by atoms with Gasteiger partial charge in [-0.3, -0.25) is 4.79 Å². The molecule has 212 valence electrons. The number of rotatable bonds is 7. The highest BCUT2D eigenvalue weighted by Crippen LogP contribution is 2.42. The van der Waals surface area contributed by atoms with Crippen molar-refractivity contribution in [3.05, 3.63) is 89.2 Å². The summed E-state index contributed by atoms with van der Waals surface area (Å²) >= 11 is 0. The second-order valence-corrected chi connectivity index (χ2v) is 9.09. The predicted octanol–water partition coefficient (Wildman–Crippen LogP) is 6.70. The highest BCUT2D eigenvalue weighted by atomic mass is 19.4. The second kappa shape index (κ2) is 9.91. The van der Waals surface area contributed by atoms with Gasteiger partial charge in [0, 0.05) is 23.1 Å². The Kier molecular flexibility index (Phi) is 6.68. The number of carboxylic acid groups (broad SMARTS) is 1. The van der Waals surface area contributed by atoms with E-state index < -0.39 is 48.5 Å². The monoisotopic (exact) mass is 576 g/mol. The number of ether oxygens (including phenoxy) is 1. The van der Waals surface area contributed by atoms with Gasteiger partial charge in [0.05, 0.1) is 33.8 Å². The highest BCUT2D eigenvalue weighted by Gasteiger charge is 2.37. The van der Waals surface area contributed by atoms with Crippen LogP contribution in [0.5, 0.6) is 5.75 Å². The number of carboxylic acids is 1. The van der Waals surface area contributed by atoms with Gasteiger partial charge in [-0.05, 0) is 60.2 Å². The molecule has 3 N–H and O–H groups in total. The first-order valence-corrected chi connectivity index (χ1v) is 11.8. The van der Waals surface area contributed by atoms with Crippen LogP contribution in [0.4, 0.5) is 26.3 Å². The maximum Gasteiger partial charge on any atom is 0.416 e. The molecule has 7 nitrogen and oxygen atoms in total. The molecule has 0 fully saturated rings. The van der Waals surface area contributed by atoms with Crippen molar-refractivity contribution in [1.29, 1.82) is 0 Å². The molecule has 0 radical (unpaired) electrons. The summed E-state index contributed by atoms with van der Waals surface area (Å²) in [6, 6.07) is 11.8. The van der Waals surface area contributed by atoms with Crippen LogP contribution in [-0.2, 0) is 23.7 Å². The lowest BCUT2D eigenvalue weighted by molar-refractivity contribution is -0.143. The number of alkyl halides is 6. The molecule has 0 spiro atoms. The van der Waals surface area contributed by atoms with Crippen molar-refractivity contribution in [1.82, 2.24) is 4.57 Å².